The van der Waals surface area contributed by atoms with E-state index in [9.17, 15) is 13.2 Å². The maximum Gasteiger partial charge on any atom is 0.265 e. The Labute approximate surface area is 170 Å². The summed E-state index contributed by atoms with van der Waals surface area (Å²) in [6.45, 7) is 1.20. The van der Waals surface area contributed by atoms with Crippen LogP contribution in [0, 0.1) is 0 Å². The maximum atomic E-state index is 12.8. The first-order valence-corrected chi connectivity index (χ1v) is 11.4. The number of sulfone groups is 1. The summed E-state index contributed by atoms with van der Waals surface area (Å²) in [5, 5.41) is 1.60. The number of amides is 1. The van der Waals surface area contributed by atoms with Gasteiger partial charge in [0.15, 0.2) is 20.7 Å². The lowest BCUT2D eigenvalue weighted by Gasteiger charge is -2.32. The zero-order valence-corrected chi connectivity index (χ0v) is 17.4. The lowest BCUT2D eigenvalue weighted by Crippen LogP contribution is -2.47. The summed E-state index contributed by atoms with van der Waals surface area (Å²) in [5.41, 5.74) is 0. The predicted molar refractivity (Wildman–Crippen MR) is 103 cm³/mol. The van der Waals surface area contributed by atoms with Crippen molar-refractivity contribution in [2.24, 2.45) is 0 Å². The number of ether oxygens (including phenoxy) is 2. The topological polar surface area (TPSA) is 85.8 Å². The highest BCUT2D eigenvalue weighted by Gasteiger charge is 2.30. The Hall–Kier alpha value is -1.39. The zero-order valence-electron chi connectivity index (χ0n) is 14.2. The van der Waals surface area contributed by atoms with E-state index in [2.05, 4.69) is 4.98 Å². The van der Waals surface area contributed by atoms with E-state index in [0.717, 1.165) is 17.6 Å². The Balaban J connectivity index is 1.67. The lowest BCUT2D eigenvalue weighted by molar-refractivity contribution is -0.0400. The largest absolute Gasteiger partial charge is 0.488 e. The molecule has 0 spiro atoms. The second-order valence-corrected chi connectivity index (χ2v) is 9.46. The summed E-state index contributed by atoms with van der Waals surface area (Å²) >= 11 is 13.1. The first-order valence-electron chi connectivity index (χ1n) is 7.88. The molecule has 7 nitrogen and oxygen atoms in total. The average molecular weight is 451 g/mol. The summed E-state index contributed by atoms with van der Waals surface area (Å²) in [6.07, 6.45) is 2.26. The van der Waals surface area contributed by atoms with Crippen molar-refractivity contribution in [2.75, 3.05) is 32.6 Å². The van der Waals surface area contributed by atoms with E-state index < -0.39 is 9.84 Å². The number of morpholine rings is 1. The van der Waals surface area contributed by atoms with Crippen molar-refractivity contribution in [2.45, 2.75) is 11.0 Å². The molecule has 0 saturated carbocycles. The van der Waals surface area contributed by atoms with Crippen LogP contribution >= 0.6 is 34.5 Å². The molecule has 1 aliphatic rings. The average Bonchev–Trinajstić information content (AvgIpc) is 3.02. The van der Waals surface area contributed by atoms with Gasteiger partial charge in [0.2, 0.25) is 0 Å². The Morgan fingerprint density at radius 2 is 2.26 bits per heavy atom. The molecule has 2 aromatic heterocycles. The molecule has 1 atom stereocenters. The van der Waals surface area contributed by atoms with Crippen molar-refractivity contribution in [3.05, 3.63) is 38.8 Å². The molecule has 1 aliphatic heterocycles. The third-order valence-corrected chi connectivity index (χ3v) is 7.01. The molecule has 1 fully saturated rings. The molecular weight excluding hydrogens is 435 g/mol. The van der Waals surface area contributed by atoms with Crippen LogP contribution in [-0.2, 0) is 14.6 Å². The molecule has 0 aromatic carbocycles. The Morgan fingerprint density at radius 3 is 2.93 bits per heavy atom. The van der Waals surface area contributed by atoms with Gasteiger partial charge in [-0.25, -0.2) is 13.4 Å². The zero-order chi connectivity index (χ0) is 19.6. The highest BCUT2D eigenvalue weighted by Crippen LogP contribution is 2.32. The number of pyridine rings is 1. The van der Waals surface area contributed by atoms with Crippen LogP contribution in [0.1, 0.15) is 9.67 Å². The molecule has 0 radical (unpaired) electrons. The van der Waals surface area contributed by atoms with Gasteiger partial charge in [-0.1, -0.05) is 23.2 Å². The van der Waals surface area contributed by atoms with Gasteiger partial charge in [0.25, 0.3) is 5.91 Å². The minimum absolute atomic E-state index is 0.0307. The first-order chi connectivity index (χ1) is 12.8. The van der Waals surface area contributed by atoms with Gasteiger partial charge in [-0.15, -0.1) is 11.3 Å². The molecule has 0 bridgehead atoms. The van der Waals surface area contributed by atoms with E-state index in [1.807, 2.05) is 0 Å². The molecule has 11 heteroatoms. The van der Waals surface area contributed by atoms with Crippen LogP contribution in [0.5, 0.6) is 5.75 Å². The molecular formula is C16H16Cl2N2O5S2. The molecule has 3 rings (SSSR count). The molecule has 1 unspecified atom stereocenters. The van der Waals surface area contributed by atoms with Gasteiger partial charge in [0, 0.05) is 24.4 Å². The molecule has 3 heterocycles. The van der Waals surface area contributed by atoms with Gasteiger partial charge in [-0.2, -0.15) is 0 Å². The van der Waals surface area contributed by atoms with E-state index in [1.165, 1.54) is 5.38 Å². The Morgan fingerprint density at radius 1 is 1.48 bits per heavy atom. The summed E-state index contributed by atoms with van der Waals surface area (Å²) in [6, 6.07) is 3.40. The fraction of sp³-hybridized carbons (Fsp3) is 0.375. The number of hydrogen-bond acceptors (Lipinski definition) is 7. The number of aromatic nitrogens is 1. The van der Waals surface area contributed by atoms with Crippen LogP contribution in [0.4, 0.5) is 0 Å². The van der Waals surface area contributed by atoms with E-state index in [0.29, 0.717) is 25.4 Å². The van der Waals surface area contributed by atoms with E-state index in [-0.39, 0.29) is 38.6 Å². The van der Waals surface area contributed by atoms with Gasteiger partial charge in [-0.3, -0.25) is 4.79 Å². The second-order valence-electron chi connectivity index (χ2n) is 5.86. The van der Waals surface area contributed by atoms with Gasteiger partial charge >= 0.3 is 0 Å². The standard InChI is InChI=1S/C16H16Cl2N2O5S2/c1-27(22,23)12-9-26-14(13(12)17)16(21)20-5-6-24-10(7-20)8-25-11-3-2-4-19-15(11)18/h2-4,9-10H,5-8H2,1H3. The van der Waals surface area contributed by atoms with Crippen LogP contribution < -0.4 is 4.74 Å². The Kier molecular flexibility index (Phi) is 6.27. The predicted octanol–water partition coefficient (Wildman–Crippen LogP) is 2.77. The summed E-state index contributed by atoms with van der Waals surface area (Å²) < 4.78 is 34.7. The van der Waals surface area contributed by atoms with Crippen molar-refractivity contribution in [3.63, 3.8) is 0 Å². The van der Waals surface area contributed by atoms with Crippen molar-refractivity contribution >= 4 is 50.3 Å². The van der Waals surface area contributed by atoms with Gasteiger partial charge in [0.05, 0.1) is 23.1 Å². The molecule has 1 saturated heterocycles. The van der Waals surface area contributed by atoms with Crippen LogP contribution in [0.2, 0.25) is 10.2 Å². The molecule has 0 aliphatic carbocycles. The first kappa shape index (κ1) is 20.3. The molecule has 146 valence electrons. The fourth-order valence-corrected chi connectivity index (χ4v) is 5.58. The van der Waals surface area contributed by atoms with Crippen LogP contribution in [0.25, 0.3) is 0 Å². The summed E-state index contributed by atoms with van der Waals surface area (Å²) in [7, 11) is -3.49. The number of carbonyl (C=O) groups is 1. The van der Waals surface area contributed by atoms with Crippen molar-refractivity contribution < 1.29 is 22.7 Å². The molecule has 1 amide bonds. The van der Waals surface area contributed by atoms with Crippen molar-refractivity contribution in [1.29, 1.82) is 0 Å². The second kappa shape index (κ2) is 8.32. The normalized spacial score (nSPS) is 17.7. The van der Waals surface area contributed by atoms with E-state index in [1.54, 1.807) is 23.2 Å². The number of carbonyl (C=O) groups excluding carboxylic acids is 1. The maximum absolute atomic E-state index is 12.8. The third kappa shape index (κ3) is 4.72. The van der Waals surface area contributed by atoms with Crippen molar-refractivity contribution in [3.8, 4) is 5.75 Å². The van der Waals surface area contributed by atoms with Gasteiger partial charge < -0.3 is 14.4 Å². The van der Waals surface area contributed by atoms with Crippen LogP contribution in [0.3, 0.4) is 0 Å². The number of halogens is 2. The van der Waals surface area contributed by atoms with E-state index in [4.69, 9.17) is 32.7 Å². The SMILES string of the molecule is CS(=O)(=O)c1csc(C(=O)N2CCOC(COc3cccnc3Cl)C2)c1Cl. The smallest absolute Gasteiger partial charge is 0.265 e. The molecule has 27 heavy (non-hydrogen) atoms. The van der Waals surface area contributed by atoms with Gasteiger partial charge in [0.1, 0.15) is 17.6 Å². The summed E-state index contributed by atoms with van der Waals surface area (Å²) in [5.74, 6) is 0.109. The summed E-state index contributed by atoms with van der Waals surface area (Å²) in [4.78, 5) is 18.4. The van der Waals surface area contributed by atoms with E-state index >= 15 is 0 Å². The highest BCUT2D eigenvalue weighted by molar-refractivity contribution is 7.91. The number of nitrogens with zero attached hydrogens (tertiary/aromatic N) is 2. The number of rotatable bonds is 5. The molecule has 0 N–H and O–H groups in total. The van der Waals surface area contributed by atoms with Crippen LogP contribution in [0.15, 0.2) is 28.6 Å². The fourth-order valence-electron chi connectivity index (χ4n) is 2.53. The monoisotopic (exact) mass is 450 g/mol. The van der Waals surface area contributed by atoms with Crippen LogP contribution in [-0.4, -0.2) is 62.9 Å². The highest BCUT2D eigenvalue weighted by atomic mass is 35.5. The van der Waals surface area contributed by atoms with Crippen molar-refractivity contribution in [1.82, 2.24) is 9.88 Å². The quantitative estimate of drug-likeness (QED) is 0.650. The Bertz CT molecular complexity index is 948. The number of thiophene rings is 1. The lowest BCUT2D eigenvalue weighted by atomic mass is 10.2. The number of hydrogen-bond donors (Lipinski definition) is 0. The minimum Gasteiger partial charge on any atom is -0.488 e. The minimum atomic E-state index is -3.49. The molecule has 2 aromatic rings. The third-order valence-electron chi connectivity index (χ3n) is 3.87. The van der Waals surface area contributed by atoms with Gasteiger partial charge in [-0.05, 0) is 12.1 Å².